The van der Waals surface area contributed by atoms with Gasteiger partial charge in [0.2, 0.25) is 5.91 Å². The Hall–Kier alpha value is -1.59. The van der Waals surface area contributed by atoms with Gasteiger partial charge in [0.25, 0.3) is 5.91 Å². The molecule has 0 atom stereocenters. The highest BCUT2D eigenvalue weighted by Gasteiger charge is 2.51. The molecule has 0 aromatic heterocycles. The summed E-state index contributed by atoms with van der Waals surface area (Å²) in [4.78, 5) is 38.3. The molecule has 0 unspecified atom stereocenters. The number of hydrogen-bond donors (Lipinski definition) is 1. The summed E-state index contributed by atoms with van der Waals surface area (Å²) in [5.41, 5.74) is 0.171. The minimum Gasteiger partial charge on any atom is -0.454 e. The van der Waals surface area contributed by atoms with Crippen LogP contribution in [-0.4, -0.2) is 48.9 Å². The standard InChI is InChI=1S/C22H34N2O4/c1-15-2-4-24(5-3-15)20(26)14-28-21(27)13-23-19(25)12-22-9-16-6-17(10-22)8-18(7-16)11-22/h15-18H,2-14H2,1H3,(H,23,25). The maximum Gasteiger partial charge on any atom is 0.325 e. The van der Waals surface area contributed by atoms with Crippen molar-refractivity contribution in [2.24, 2.45) is 29.1 Å². The average molecular weight is 391 g/mol. The van der Waals surface area contributed by atoms with E-state index in [1.165, 1.54) is 38.5 Å². The van der Waals surface area contributed by atoms with Crippen LogP contribution in [0.1, 0.15) is 64.7 Å². The van der Waals surface area contributed by atoms with E-state index < -0.39 is 5.97 Å². The van der Waals surface area contributed by atoms with Gasteiger partial charge in [0.15, 0.2) is 6.61 Å². The van der Waals surface area contributed by atoms with Crippen LogP contribution in [0, 0.1) is 29.1 Å². The third kappa shape index (κ3) is 4.52. The second-order valence-electron chi connectivity index (χ2n) is 10.1. The van der Waals surface area contributed by atoms with Crippen LogP contribution in [0.25, 0.3) is 0 Å². The molecule has 1 heterocycles. The van der Waals surface area contributed by atoms with Gasteiger partial charge < -0.3 is 15.0 Å². The largest absolute Gasteiger partial charge is 0.454 e. The third-order valence-corrected chi connectivity index (χ3v) is 7.62. The zero-order valence-electron chi connectivity index (χ0n) is 17.1. The van der Waals surface area contributed by atoms with Gasteiger partial charge in [-0.3, -0.25) is 14.4 Å². The van der Waals surface area contributed by atoms with E-state index in [0.29, 0.717) is 12.3 Å². The highest BCUT2D eigenvalue weighted by Crippen LogP contribution is 2.61. The summed E-state index contributed by atoms with van der Waals surface area (Å²) in [5.74, 6) is 2.37. The zero-order valence-corrected chi connectivity index (χ0v) is 17.1. The van der Waals surface area contributed by atoms with E-state index >= 15 is 0 Å². The first-order valence-corrected chi connectivity index (χ1v) is 11.1. The number of carbonyl (C=O) groups excluding carboxylic acids is 3. The van der Waals surface area contributed by atoms with Gasteiger partial charge in [-0.2, -0.15) is 0 Å². The fourth-order valence-corrected chi connectivity index (χ4v) is 6.62. The van der Waals surface area contributed by atoms with E-state index in [9.17, 15) is 14.4 Å². The number of likely N-dealkylation sites (tertiary alicyclic amines) is 1. The number of rotatable bonds is 6. The summed E-state index contributed by atoms with van der Waals surface area (Å²) in [5, 5.41) is 2.73. The molecule has 0 radical (unpaired) electrons. The van der Waals surface area contributed by atoms with Crippen molar-refractivity contribution in [3.8, 4) is 0 Å². The Labute approximate surface area is 167 Å². The van der Waals surface area contributed by atoms with E-state index in [1.54, 1.807) is 4.90 Å². The van der Waals surface area contributed by atoms with Crippen molar-refractivity contribution in [3.05, 3.63) is 0 Å². The Balaban J connectivity index is 1.16. The molecule has 5 fully saturated rings. The minimum atomic E-state index is -0.530. The number of esters is 1. The molecule has 1 aliphatic heterocycles. The summed E-state index contributed by atoms with van der Waals surface area (Å²) < 4.78 is 5.08. The van der Waals surface area contributed by atoms with Crippen molar-refractivity contribution in [1.82, 2.24) is 10.2 Å². The van der Waals surface area contributed by atoms with Crippen molar-refractivity contribution in [2.45, 2.75) is 64.7 Å². The number of ether oxygens (including phenoxy) is 1. The number of nitrogens with one attached hydrogen (secondary N) is 1. The van der Waals surface area contributed by atoms with Gasteiger partial charge in [-0.15, -0.1) is 0 Å². The summed E-state index contributed by atoms with van der Waals surface area (Å²) >= 11 is 0. The van der Waals surface area contributed by atoms with Crippen LogP contribution in [0.4, 0.5) is 0 Å². The van der Waals surface area contributed by atoms with Crippen LogP contribution >= 0.6 is 0 Å². The highest BCUT2D eigenvalue weighted by atomic mass is 16.5. The Morgan fingerprint density at radius 3 is 2.14 bits per heavy atom. The first-order valence-electron chi connectivity index (χ1n) is 11.1. The van der Waals surface area contributed by atoms with Crippen LogP contribution in [0.5, 0.6) is 0 Å². The molecule has 5 rings (SSSR count). The predicted octanol–water partition coefficient (Wildman–Crippen LogP) is 2.51. The molecular weight excluding hydrogens is 356 g/mol. The molecular formula is C22H34N2O4. The predicted molar refractivity (Wildman–Crippen MR) is 104 cm³/mol. The van der Waals surface area contributed by atoms with E-state index in [4.69, 9.17) is 4.74 Å². The molecule has 1 N–H and O–H groups in total. The van der Waals surface area contributed by atoms with Crippen molar-refractivity contribution in [3.63, 3.8) is 0 Å². The molecule has 4 aliphatic carbocycles. The second kappa shape index (κ2) is 8.03. The van der Waals surface area contributed by atoms with E-state index in [1.807, 2.05) is 0 Å². The average Bonchev–Trinajstić information content (AvgIpc) is 2.63. The van der Waals surface area contributed by atoms with Crippen molar-refractivity contribution in [1.29, 1.82) is 0 Å². The van der Waals surface area contributed by atoms with E-state index in [0.717, 1.165) is 43.7 Å². The highest BCUT2D eigenvalue weighted by molar-refractivity contribution is 5.84. The zero-order chi connectivity index (χ0) is 19.7. The molecule has 0 aromatic rings. The number of carbonyl (C=O) groups is 3. The molecule has 1 saturated heterocycles. The van der Waals surface area contributed by atoms with Crippen LogP contribution in [0.3, 0.4) is 0 Å². The van der Waals surface area contributed by atoms with E-state index in [-0.39, 0.29) is 30.4 Å². The van der Waals surface area contributed by atoms with Crippen LogP contribution in [0.15, 0.2) is 0 Å². The lowest BCUT2D eigenvalue weighted by Gasteiger charge is -2.56. The fraction of sp³-hybridized carbons (Fsp3) is 0.864. The van der Waals surface area contributed by atoms with Crippen LogP contribution in [-0.2, 0) is 19.1 Å². The number of amides is 2. The maximum atomic E-state index is 12.5. The Morgan fingerprint density at radius 1 is 1.00 bits per heavy atom. The third-order valence-electron chi connectivity index (χ3n) is 7.62. The van der Waals surface area contributed by atoms with Gasteiger partial charge in [-0.25, -0.2) is 0 Å². The fourth-order valence-electron chi connectivity index (χ4n) is 6.62. The van der Waals surface area contributed by atoms with E-state index in [2.05, 4.69) is 12.2 Å². The normalized spacial score (nSPS) is 34.3. The first kappa shape index (κ1) is 19.7. The number of hydrogen-bond acceptors (Lipinski definition) is 4. The topological polar surface area (TPSA) is 75.7 Å². The lowest BCUT2D eigenvalue weighted by atomic mass is 9.49. The summed E-state index contributed by atoms with van der Waals surface area (Å²) in [7, 11) is 0. The van der Waals surface area contributed by atoms with Crippen LogP contribution in [0.2, 0.25) is 0 Å². The number of piperidine rings is 1. The molecule has 6 heteroatoms. The Bertz CT molecular complexity index is 589. The molecule has 0 aromatic carbocycles. The molecule has 4 bridgehead atoms. The minimum absolute atomic E-state index is 0.0461. The quantitative estimate of drug-likeness (QED) is 0.707. The van der Waals surface area contributed by atoms with Crippen molar-refractivity contribution in [2.75, 3.05) is 26.2 Å². The van der Waals surface area contributed by atoms with Gasteiger partial charge in [-0.05, 0) is 80.5 Å². The molecule has 4 saturated carbocycles. The van der Waals surface area contributed by atoms with Crippen molar-refractivity contribution >= 4 is 17.8 Å². The molecule has 2 amide bonds. The molecule has 156 valence electrons. The lowest BCUT2D eigenvalue weighted by molar-refractivity contribution is -0.152. The summed E-state index contributed by atoms with van der Waals surface area (Å²) in [6, 6.07) is 0. The number of nitrogens with zero attached hydrogens (tertiary/aromatic N) is 1. The van der Waals surface area contributed by atoms with Crippen LogP contribution < -0.4 is 5.32 Å². The molecule has 5 aliphatic rings. The van der Waals surface area contributed by atoms with Gasteiger partial charge in [0.05, 0.1) is 0 Å². The van der Waals surface area contributed by atoms with Gasteiger partial charge in [-0.1, -0.05) is 6.92 Å². The van der Waals surface area contributed by atoms with Crippen molar-refractivity contribution < 1.29 is 19.1 Å². The van der Waals surface area contributed by atoms with Gasteiger partial charge >= 0.3 is 5.97 Å². The smallest absolute Gasteiger partial charge is 0.325 e. The summed E-state index contributed by atoms with van der Waals surface area (Å²) in [6.07, 6.45) is 10.2. The monoisotopic (exact) mass is 390 g/mol. The molecule has 6 nitrogen and oxygen atoms in total. The first-order chi connectivity index (χ1) is 13.4. The Morgan fingerprint density at radius 2 is 1.57 bits per heavy atom. The lowest BCUT2D eigenvalue weighted by Crippen LogP contribution is -2.48. The van der Waals surface area contributed by atoms with Gasteiger partial charge in [0, 0.05) is 19.5 Å². The summed E-state index contributed by atoms with van der Waals surface area (Å²) in [6.45, 7) is 3.29. The second-order valence-corrected chi connectivity index (χ2v) is 10.1. The van der Waals surface area contributed by atoms with Gasteiger partial charge in [0.1, 0.15) is 6.54 Å². The molecule has 0 spiro atoms. The maximum absolute atomic E-state index is 12.5. The SMILES string of the molecule is CC1CCN(C(=O)COC(=O)CNC(=O)CC23CC4CC(CC(C4)C2)C3)CC1. The Kier molecular flexibility index (Phi) is 5.66. The molecule has 28 heavy (non-hydrogen) atoms.